The van der Waals surface area contributed by atoms with Gasteiger partial charge in [0.15, 0.2) is 0 Å². The number of rotatable bonds is 1. The van der Waals surface area contributed by atoms with Gasteiger partial charge in [0.05, 0.1) is 0 Å². The first kappa shape index (κ1) is 18.2. The van der Waals surface area contributed by atoms with E-state index in [-0.39, 0.29) is 11.9 Å². The Morgan fingerprint density at radius 2 is 1.59 bits per heavy atom. The van der Waals surface area contributed by atoms with E-state index in [0.29, 0.717) is 12.8 Å². The van der Waals surface area contributed by atoms with Gasteiger partial charge in [0.25, 0.3) is 0 Å². The van der Waals surface area contributed by atoms with E-state index >= 15 is 0 Å². The van der Waals surface area contributed by atoms with Crippen LogP contribution in [0, 0.1) is 23.7 Å². The van der Waals surface area contributed by atoms with Gasteiger partial charge in [0.2, 0.25) is 0 Å². The van der Waals surface area contributed by atoms with Crippen LogP contribution in [0.4, 0.5) is 0 Å². The Morgan fingerprint density at radius 3 is 2.18 bits per heavy atom. The molecule has 22 heavy (non-hydrogen) atoms. The summed E-state index contributed by atoms with van der Waals surface area (Å²) in [4.78, 5) is 23.2. The van der Waals surface area contributed by atoms with Crippen LogP contribution in [0.1, 0.15) is 71.6 Å². The number of alkyl halides is 1. The number of hydrogen-bond donors (Lipinski definition) is 0. The highest BCUT2D eigenvalue weighted by Crippen LogP contribution is 2.49. The van der Waals surface area contributed by atoms with Crippen LogP contribution in [-0.4, -0.2) is 15.9 Å². The van der Waals surface area contributed by atoms with Crippen molar-refractivity contribution in [3.8, 4) is 0 Å². The Bertz CT molecular complexity index is 394. The molecule has 4 heteroatoms. The van der Waals surface area contributed by atoms with Crippen LogP contribution < -0.4 is 0 Å². The highest BCUT2D eigenvalue weighted by atomic mass is 127. The van der Waals surface area contributed by atoms with E-state index in [0.717, 1.165) is 53.3 Å². The van der Waals surface area contributed by atoms with E-state index in [2.05, 4.69) is 36.4 Å². The van der Waals surface area contributed by atoms with Crippen molar-refractivity contribution in [2.45, 2.75) is 75.6 Å². The third-order valence-corrected chi connectivity index (χ3v) is 6.84. The number of cyclic esters (lactones) is 2. The molecule has 0 aromatic rings. The Morgan fingerprint density at radius 1 is 1.00 bits per heavy atom. The SMILES string of the molecule is CC(C)[C@@H]1C2CCCCC(=O)OC(=O)CCCC[C@@H]1C[C@H]2I. The minimum atomic E-state index is -0.335. The van der Waals surface area contributed by atoms with E-state index < -0.39 is 0 Å². The number of esters is 2. The fourth-order valence-electron chi connectivity index (χ4n) is 4.49. The minimum Gasteiger partial charge on any atom is -0.393 e. The maximum absolute atomic E-state index is 11.6. The van der Waals surface area contributed by atoms with E-state index in [9.17, 15) is 9.59 Å². The van der Waals surface area contributed by atoms with Crippen molar-refractivity contribution in [3.05, 3.63) is 0 Å². The predicted octanol–water partition coefficient (Wildman–Crippen LogP) is 4.90. The number of fused-ring (bicyclic) bond motifs is 2. The summed E-state index contributed by atoms with van der Waals surface area (Å²) in [5, 5.41) is 0. The molecule has 126 valence electrons. The van der Waals surface area contributed by atoms with Crippen molar-refractivity contribution >= 4 is 34.5 Å². The lowest BCUT2D eigenvalue weighted by Gasteiger charge is -2.29. The first-order valence-electron chi connectivity index (χ1n) is 8.86. The lowest BCUT2D eigenvalue weighted by Crippen LogP contribution is -2.23. The zero-order valence-corrected chi connectivity index (χ0v) is 16.0. The van der Waals surface area contributed by atoms with Gasteiger partial charge in [-0.05, 0) is 49.4 Å². The molecule has 2 rings (SSSR count). The number of carbonyl (C=O) groups is 2. The molecule has 1 aliphatic carbocycles. The van der Waals surface area contributed by atoms with Gasteiger partial charge in [0.1, 0.15) is 0 Å². The van der Waals surface area contributed by atoms with Crippen LogP contribution in [0.15, 0.2) is 0 Å². The average Bonchev–Trinajstić information content (AvgIpc) is 2.75. The van der Waals surface area contributed by atoms with E-state index in [1.54, 1.807) is 0 Å². The number of carbonyl (C=O) groups excluding carboxylic acids is 2. The van der Waals surface area contributed by atoms with Crippen LogP contribution in [-0.2, 0) is 14.3 Å². The fourth-order valence-corrected chi connectivity index (χ4v) is 5.98. The maximum Gasteiger partial charge on any atom is 0.313 e. The molecule has 1 saturated carbocycles. The van der Waals surface area contributed by atoms with Gasteiger partial charge in [-0.2, -0.15) is 0 Å². The van der Waals surface area contributed by atoms with Crippen molar-refractivity contribution in [3.63, 3.8) is 0 Å². The summed E-state index contributed by atoms with van der Waals surface area (Å²) in [6.45, 7) is 4.73. The highest BCUT2D eigenvalue weighted by Gasteiger charge is 2.42. The van der Waals surface area contributed by atoms with Crippen LogP contribution >= 0.6 is 22.6 Å². The molecule has 0 amide bonds. The van der Waals surface area contributed by atoms with E-state index in [1.165, 1.54) is 19.3 Å². The number of ether oxygens (including phenoxy) is 1. The smallest absolute Gasteiger partial charge is 0.313 e. The van der Waals surface area contributed by atoms with Crippen LogP contribution in [0.3, 0.4) is 0 Å². The predicted molar refractivity (Wildman–Crippen MR) is 95.8 cm³/mol. The lowest BCUT2D eigenvalue weighted by atomic mass is 9.77. The lowest BCUT2D eigenvalue weighted by molar-refractivity contribution is -0.159. The van der Waals surface area contributed by atoms with Gasteiger partial charge >= 0.3 is 11.9 Å². The maximum atomic E-state index is 11.6. The molecule has 0 radical (unpaired) electrons. The minimum absolute atomic E-state index is 0.335. The van der Waals surface area contributed by atoms with E-state index in [4.69, 9.17) is 4.74 Å². The molecular formula is C18H29IO3. The summed E-state index contributed by atoms with van der Waals surface area (Å²) in [5.41, 5.74) is 0. The normalized spacial score (nSPS) is 35.3. The second-order valence-corrected chi connectivity index (χ2v) is 8.93. The highest BCUT2D eigenvalue weighted by molar-refractivity contribution is 14.1. The van der Waals surface area contributed by atoms with Crippen molar-refractivity contribution in [2.75, 3.05) is 0 Å². The van der Waals surface area contributed by atoms with Crippen molar-refractivity contribution in [1.29, 1.82) is 0 Å². The zero-order valence-electron chi connectivity index (χ0n) is 13.9. The van der Waals surface area contributed by atoms with Gasteiger partial charge in [0, 0.05) is 16.8 Å². The molecular weight excluding hydrogens is 391 g/mol. The molecule has 1 unspecified atom stereocenters. The molecule has 2 bridgehead atoms. The van der Waals surface area contributed by atoms with Gasteiger partial charge in [-0.1, -0.05) is 55.7 Å². The second kappa shape index (κ2) is 8.65. The first-order valence-corrected chi connectivity index (χ1v) is 10.1. The summed E-state index contributed by atoms with van der Waals surface area (Å²) in [6.07, 6.45) is 8.40. The Hall–Kier alpha value is -0.130. The Labute approximate surface area is 148 Å². The summed E-state index contributed by atoms with van der Waals surface area (Å²) >= 11 is 2.65. The molecule has 0 N–H and O–H groups in total. The number of hydrogen-bond acceptors (Lipinski definition) is 3. The van der Waals surface area contributed by atoms with Crippen LogP contribution in [0.25, 0.3) is 0 Å². The molecule has 2 fully saturated rings. The fraction of sp³-hybridized carbons (Fsp3) is 0.889. The zero-order chi connectivity index (χ0) is 16.1. The molecule has 4 atom stereocenters. The van der Waals surface area contributed by atoms with E-state index in [1.807, 2.05) is 0 Å². The van der Waals surface area contributed by atoms with Gasteiger partial charge < -0.3 is 4.74 Å². The Balaban J connectivity index is 2.03. The standard InChI is InChI=1S/C18H29IO3/c1-12(2)18-13-7-3-5-9-16(20)22-17(21)10-6-4-8-14(18)15(19)11-13/h12-15,18H,3-11H2,1-2H3/t13-,14?,15-,18+/m1/s1. The molecule has 0 aromatic carbocycles. The topological polar surface area (TPSA) is 43.4 Å². The van der Waals surface area contributed by atoms with Crippen LogP contribution in [0.2, 0.25) is 0 Å². The Kier molecular flexibility index (Phi) is 7.16. The molecule has 2 aliphatic rings. The summed E-state index contributed by atoms with van der Waals surface area (Å²) < 4.78 is 5.64. The molecule has 0 spiro atoms. The van der Waals surface area contributed by atoms with Gasteiger partial charge in [-0.25, -0.2) is 0 Å². The number of halogens is 1. The van der Waals surface area contributed by atoms with Gasteiger partial charge in [-0.15, -0.1) is 0 Å². The van der Waals surface area contributed by atoms with Crippen molar-refractivity contribution in [2.24, 2.45) is 23.7 Å². The quantitative estimate of drug-likeness (QED) is 0.262. The van der Waals surface area contributed by atoms with Crippen LogP contribution in [0.5, 0.6) is 0 Å². The van der Waals surface area contributed by atoms with Crippen molar-refractivity contribution < 1.29 is 14.3 Å². The largest absolute Gasteiger partial charge is 0.393 e. The molecule has 3 nitrogen and oxygen atoms in total. The average molecular weight is 420 g/mol. The third kappa shape index (κ3) is 4.93. The molecule has 1 saturated heterocycles. The molecule has 1 heterocycles. The van der Waals surface area contributed by atoms with Gasteiger partial charge in [-0.3, -0.25) is 9.59 Å². The molecule has 1 aliphatic heterocycles. The van der Waals surface area contributed by atoms with Crippen molar-refractivity contribution in [1.82, 2.24) is 0 Å². The summed E-state index contributed by atoms with van der Waals surface area (Å²) in [7, 11) is 0. The summed E-state index contributed by atoms with van der Waals surface area (Å²) in [5.74, 6) is 2.48. The first-order chi connectivity index (χ1) is 10.5. The molecule has 0 aromatic heterocycles. The second-order valence-electron chi connectivity index (χ2n) is 7.33. The summed E-state index contributed by atoms with van der Waals surface area (Å²) in [6, 6.07) is 0. The monoisotopic (exact) mass is 420 g/mol. The third-order valence-electron chi connectivity index (χ3n) is 5.40.